The fraction of sp³-hybridized carbons (Fsp3) is 0.143. The van der Waals surface area contributed by atoms with Gasteiger partial charge in [-0.2, -0.15) is 0 Å². The lowest BCUT2D eigenvalue weighted by atomic mass is 10.1. The van der Waals surface area contributed by atoms with Gasteiger partial charge in [-0.3, -0.25) is 4.79 Å². The van der Waals surface area contributed by atoms with Crippen LogP contribution in [0.15, 0.2) is 43.1 Å². The first-order valence-corrected chi connectivity index (χ1v) is 5.93. The molecule has 3 aromatic rings. The topological polar surface area (TPSA) is 60.7 Å². The van der Waals surface area contributed by atoms with Gasteiger partial charge in [0.2, 0.25) is 0 Å². The molecule has 0 saturated heterocycles. The Kier molecular flexibility index (Phi) is 2.79. The zero-order valence-corrected chi connectivity index (χ0v) is 10.4. The Hall–Kier alpha value is -2.56. The third kappa shape index (κ3) is 2.22. The van der Waals surface area contributed by atoms with E-state index in [1.807, 2.05) is 29.8 Å². The molecule has 94 valence electrons. The molecule has 2 heterocycles. The van der Waals surface area contributed by atoms with E-state index in [4.69, 9.17) is 0 Å². The summed E-state index contributed by atoms with van der Waals surface area (Å²) < 4.78 is 1.92. The van der Waals surface area contributed by atoms with Crippen molar-refractivity contribution in [3.8, 4) is 0 Å². The van der Waals surface area contributed by atoms with Gasteiger partial charge >= 0.3 is 0 Å². The van der Waals surface area contributed by atoms with Gasteiger partial charge in [0.05, 0.1) is 29.5 Å². The van der Waals surface area contributed by atoms with Crippen LogP contribution in [-0.4, -0.2) is 25.3 Å². The number of hydrogen-bond donors (Lipinski definition) is 0. The third-order valence-electron chi connectivity index (χ3n) is 3.03. The Labute approximate surface area is 110 Å². The summed E-state index contributed by atoms with van der Waals surface area (Å²) in [6, 6.07) is 7.30. The Morgan fingerprint density at radius 1 is 1.26 bits per heavy atom. The maximum absolute atomic E-state index is 12.2. The van der Waals surface area contributed by atoms with Gasteiger partial charge < -0.3 is 4.57 Å². The van der Waals surface area contributed by atoms with E-state index in [2.05, 4.69) is 15.0 Å². The van der Waals surface area contributed by atoms with Crippen molar-refractivity contribution in [1.82, 2.24) is 19.5 Å². The molecule has 19 heavy (non-hydrogen) atoms. The van der Waals surface area contributed by atoms with Gasteiger partial charge in [0, 0.05) is 18.8 Å². The molecule has 0 bridgehead atoms. The summed E-state index contributed by atoms with van der Waals surface area (Å²) in [5, 5.41) is 0. The first kappa shape index (κ1) is 11.5. The SMILES string of the molecule is Cn1cnc2cc(C(=O)Cc3ccncn3)ccc21. The number of aromatic nitrogens is 4. The van der Waals surface area contributed by atoms with Crippen LogP contribution in [0.1, 0.15) is 16.1 Å². The van der Waals surface area contributed by atoms with Gasteiger partial charge in [-0.1, -0.05) is 0 Å². The molecule has 1 aromatic carbocycles. The molecule has 5 nitrogen and oxygen atoms in total. The molecule has 0 atom stereocenters. The third-order valence-corrected chi connectivity index (χ3v) is 3.03. The Balaban J connectivity index is 1.89. The molecule has 0 aliphatic heterocycles. The Morgan fingerprint density at radius 3 is 2.95 bits per heavy atom. The van der Waals surface area contributed by atoms with Gasteiger partial charge in [-0.05, 0) is 24.3 Å². The van der Waals surface area contributed by atoms with Gasteiger partial charge in [0.1, 0.15) is 6.33 Å². The lowest BCUT2D eigenvalue weighted by Gasteiger charge is -2.01. The molecule has 0 radical (unpaired) electrons. The Bertz CT molecular complexity index is 734. The van der Waals surface area contributed by atoms with Crippen LogP contribution < -0.4 is 0 Å². The average molecular weight is 252 g/mol. The molecule has 3 rings (SSSR count). The predicted molar refractivity (Wildman–Crippen MR) is 70.8 cm³/mol. The minimum absolute atomic E-state index is 0.0336. The van der Waals surface area contributed by atoms with Crippen LogP contribution in [0.5, 0.6) is 0 Å². The van der Waals surface area contributed by atoms with Gasteiger partial charge in [-0.15, -0.1) is 0 Å². The van der Waals surface area contributed by atoms with Crippen molar-refractivity contribution in [2.45, 2.75) is 6.42 Å². The maximum Gasteiger partial charge on any atom is 0.168 e. The minimum atomic E-state index is 0.0336. The molecule has 0 aliphatic rings. The monoisotopic (exact) mass is 252 g/mol. The van der Waals surface area contributed by atoms with E-state index in [1.165, 1.54) is 6.33 Å². The van der Waals surface area contributed by atoms with Crippen LogP contribution in [0.4, 0.5) is 0 Å². The minimum Gasteiger partial charge on any atom is -0.334 e. The molecule has 0 N–H and O–H groups in total. The number of aryl methyl sites for hydroxylation is 1. The highest BCUT2D eigenvalue weighted by Gasteiger charge is 2.10. The van der Waals surface area contributed by atoms with E-state index in [-0.39, 0.29) is 12.2 Å². The zero-order chi connectivity index (χ0) is 13.2. The predicted octanol–water partition coefficient (Wildman–Crippen LogP) is 1.79. The van der Waals surface area contributed by atoms with E-state index >= 15 is 0 Å². The molecule has 5 heteroatoms. The lowest BCUT2D eigenvalue weighted by molar-refractivity contribution is 0.0992. The molecule has 0 unspecified atom stereocenters. The molecule has 0 spiro atoms. The summed E-state index contributed by atoms with van der Waals surface area (Å²) >= 11 is 0. The average Bonchev–Trinajstić information content (AvgIpc) is 2.81. The van der Waals surface area contributed by atoms with Crippen molar-refractivity contribution in [2.75, 3.05) is 0 Å². The highest BCUT2D eigenvalue weighted by Crippen LogP contribution is 2.15. The van der Waals surface area contributed by atoms with E-state index in [9.17, 15) is 4.79 Å². The number of carbonyl (C=O) groups excluding carboxylic acids is 1. The summed E-state index contributed by atoms with van der Waals surface area (Å²) in [7, 11) is 1.93. The van der Waals surface area contributed by atoms with E-state index in [0.717, 1.165) is 16.7 Å². The number of imidazole rings is 1. The van der Waals surface area contributed by atoms with Gasteiger partial charge in [-0.25, -0.2) is 15.0 Å². The maximum atomic E-state index is 12.2. The first-order valence-electron chi connectivity index (χ1n) is 5.93. The molecule has 0 aliphatic carbocycles. The van der Waals surface area contributed by atoms with Crippen molar-refractivity contribution in [2.24, 2.45) is 7.05 Å². The number of ketones is 1. The van der Waals surface area contributed by atoms with Crippen LogP contribution in [0, 0.1) is 0 Å². The van der Waals surface area contributed by atoms with Gasteiger partial charge in [0.25, 0.3) is 0 Å². The van der Waals surface area contributed by atoms with Crippen molar-refractivity contribution in [3.05, 3.63) is 54.4 Å². The summed E-state index contributed by atoms with van der Waals surface area (Å²) in [5.74, 6) is 0.0336. The van der Waals surface area contributed by atoms with Crippen LogP contribution in [0.25, 0.3) is 11.0 Å². The van der Waals surface area contributed by atoms with E-state index in [0.29, 0.717) is 5.56 Å². The van der Waals surface area contributed by atoms with Crippen molar-refractivity contribution < 1.29 is 4.79 Å². The molecular formula is C14H12N4O. The highest BCUT2D eigenvalue weighted by atomic mass is 16.1. The zero-order valence-electron chi connectivity index (χ0n) is 10.4. The fourth-order valence-electron chi connectivity index (χ4n) is 2.00. The van der Waals surface area contributed by atoms with Crippen molar-refractivity contribution >= 4 is 16.8 Å². The summed E-state index contributed by atoms with van der Waals surface area (Å²) in [5.41, 5.74) is 3.22. The standard InChI is InChI=1S/C14H12N4O/c1-18-9-17-12-6-10(2-3-13(12)18)14(19)7-11-4-5-15-8-16-11/h2-6,8-9H,7H2,1H3. The molecule has 0 fully saturated rings. The number of carbonyl (C=O) groups is 1. The normalized spacial score (nSPS) is 10.8. The number of fused-ring (bicyclic) bond motifs is 1. The van der Waals surface area contributed by atoms with Gasteiger partial charge in [0.15, 0.2) is 5.78 Å². The quantitative estimate of drug-likeness (QED) is 0.667. The lowest BCUT2D eigenvalue weighted by Crippen LogP contribution is -2.05. The summed E-state index contributed by atoms with van der Waals surface area (Å²) in [4.78, 5) is 24.3. The van der Waals surface area contributed by atoms with Crippen molar-refractivity contribution in [3.63, 3.8) is 0 Å². The number of benzene rings is 1. The van der Waals surface area contributed by atoms with Crippen LogP contribution in [0.3, 0.4) is 0 Å². The smallest absolute Gasteiger partial charge is 0.168 e. The molecular weight excluding hydrogens is 240 g/mol. The second kappa shape index (κ2) is 4.61. The van der Waals surface area contributed by atoms with Crippen LogP contribution in [0.2, 0.25) is 0 Å². The summed E-state index contributed by atoms with van der Waals surface area (Å²) in [6.07, 6.45) is 5.10. The number of rotatable bonds is 3. The molecule has 2 aromatic heterocycles. The molecule has 0 saturated carbocycles. The number of Topliss-reactive ketones (excluding diaryl/α,β-unsaturated/α-hetero) is 1. The largest absolute Gasteiger partial charge is 0.334 e. The second-order valence-electron chi connectivity index (χ2n) is 4.36. The number of hydrogen-bond acceptors (Lipinski definition) is 4. The van der Waals surface area contributed by atoms with Crippen LogP contribution >= 0.6 is 0 Å². The fourth-order valence-corrected chi connectivity index (χ4v) is 2.00. The van der Waals surface area contributed by atoms with Crippen molar-refractivity contribution in [1.29, 1.82) is 0 Å². The highest BCUT2D eigenvalue weighted by molar-refractivity contribution is 5.99. The second-order valence-corrected chi connectivity index (χ2v) is 4.36. The summed E-state index contributed by atoms with van der Waals surface area (Å²) in [6.45, 7) is 0. The first-order chi connectivity index (χ1) is 9.24. The number of nitrogens with zero attached hydrogens (tertiary/aromatic N) is 4. The van der Waals surface area contributed by atoms with Crippen LogP contribution in [-0.2, 0) is 13.5 Å². The molecule has 0 amide bonds. The van der Waals surface area contributed by atoms with E-state index in [1.54, 1.807) is 18.6 Å². The Morgan fingerprint density at radius 2 is 2.16 bits per heavy atom. The van der Waals surface area contributed by atoms with E-state index < -0.39 is 0 Å².